The smallest absolute Gasteiger partial charge is 0.205 e. The lowest BCUT2D eigenvalue weighted by Crippen LogP contribution is -2.52. The topological polar surface area (TPSA) is 74.5 Å². The number of aromatic nitrogens is 4. The molecule has 4 rings (SSSR count). The number of hydrogen-bond donors (Lipinski definition) is 1. The average molecular weight is 411 g/mol. The molecule has 152 valence electrons. The van der Waals surface area contributed by atoms with E-state index in [0.29, 0.717) is 0 Å². The predicted octanol–water partition coefficient (Wildman–Crippen LogP) is 2.18. The third-order valence-corrected chi connectivity index (χ3v) is 5.78. The van der Waals surface area contributed by atoms with E-state index in [-0.39, 0.29) is 0 Å². The highest BCUT2D eigenvalue weighted by atomic mass is 32.1. The van der Waals surface area contributed by atoms with E-state index >= 15 is 0 Å². The highest BCUT2D eigenvalue weighted by molar-refractivity contribution is 7.09. The zero-order valence-electron chi connectivity index (χ0n) is 16.8. The van der Waals surface area contributed by atoms with Gasteiger partial charge in [-0.25, -0.2) is 9.67 Å². The lowest BCUT2D eigenvalue weighted by molar-refractivity contribution is 0.372. The first-order valence-electron chi connectivity index (χ1n) is 9.89. The normalized spacial score (nSPS) is 15.0. The summed E-state index contributed by atoms with van der Waals surface area (Å²) < 4.78 is 6.27. The molecule has 0 aliphatic carbocycles. The molecule has 1 aliphatic heterocycles. The van der Waals surface area contributed by atoms with E-state index in [2.05, 4.69) is 65.8 Å². The van der Waals surface area contributed by atoms with Gasteiger partial charge in [0.05, 0.1) is 5.69 Å². The molecule has 0 bridgehead atoms. The third kappa shape index (κ3) is 4.56. The van der Waals surface area contributed by atoms with Gasteiger partial charge in [0.2, 0.25) is 5.13 Å². The SMILES string of the molecule is CCc1nsc(N2CCN(C(=NC)NCc3cccc(-n4cccn4)c3)CC2)n1. The Hall–Kier alpha value is -2.94. The van der Waals surface area contributed by atoms with Crippen molar-refractivity contribution in [3.8, 4) is 5.69 Å². The molecule has 0 saturated carbocycles. The van der Waals surface area contributed by atoms with Crippen LogP contribution in [0.3, 0.4) is 0 Å². The van der Waals surface area contributed by atoms with Crippen LogP contribution in [0.15, 0.2) is 47.7 Å². The molecule has 2 aromatic heterocycles. The van der Waals surface area contributed by atoms with E-state index in [1.54, 1.807) is 6.20 Å². The standard InChI is InChI=1S/C20H26N8S/c1-3-18-24-20(29-25-18)27-12-10-26(11-13-27)19(21-2)22-15-16-6-4-7-17(14-16)28-9-5-8-23-28/h4-9,14H,3,10-13,15H2,1-2H3,(H,21,22). The first-order chi connectivity index (χ1) is 14.3. The summed E-state index contributed by atoms with van der Waals surface area (Å²) in [7, 11) is 1.84. The van der Waals surface area contributed by atoms with E-state index in [0.717, 1.165) is 61.7 Å². The quantitative estimate of drug-likeness (QED) is 0.513. The van der Waals surface area contributed by atoms with Crippen molar-refractivity contribution in [3.63, 3.8) is 0 Å². The van der Waals surface area contributed by atoms with Crippen LogP contribution in [0.4, 0.5) is 5.13 Å². The number of nitrogens with zero attached hydrogens (tertiary/aromatic N) is 7. The maximum atomic E-state index is 4.61. The lowest BCUT2D eigenvalue weighted by Gasteiger charge is -2.36. The van der Waals surface area contributed by atoms with Crippen LogP contribution in [-0.2, 0) is 13.0 Å². The summed E-state index contributed by atoms with van der Waals surface area (Å²) in [4.78, 5) is 13.7. The van der Waals surface area contributed by atoms with E-state index < -0.39 is 0 Å². The first kappa shape index (κ1) is 19.4. The van der Waals surface area contributed by atoms with Crippen molar-refractivity contribution in [2.75, 3.05) is 38.1 Å². The summed E-state index contributed by atoms with van der Waals surface area (Å²) in [6.07, 6.45) is 4.62. The maximum Gasteiger partial charge on any atom is 0.205 e. The number of nitrogens with one attached hydrogen (secondary N) is 1. The number of hydrogen-bond acceptors (Lipinski definition) is 6. The van der Waals surface area contributed by atoms with Crippen molar-refractivity contribution in [1.82, 2.24) is 29.4 Å². The van der Waals surface area contributed by atoms with Gasteiger partial charge in [0.15, 0.2) is 5.96 Å². The van der Waals surface area contributed by atoms with Gasteiger partial charge < -0.3 is 15.1 Å². The van der Waals surface area contributed by atoms with Crippen molar-refractivity contribution < 1.29 is 0 Å². The molecule has 9 heteroatoms. The van der Waals surface area contributed by atoms with E-state index in [4.69, 9.17) is 0 Å². The zero-order valence-corrected chi connectivity index (χ0v) is 17.6. The molecule has 3 aromatic rings. The number of piperazine rings is 1. The van der Waals surface area contributed by atoms with Crippen LogP contribution in [0.25, 0.3) is 5.69 Å². The van der Waals surface area contributed by atoms with Gasteiger partial charge in [-0.3, -0.25) is 4.99 Å². The number of guanidine groups is 1. The second-order valence-corrected chi connectivity index (χ2v) is 7.57. The molecule has 1 saturated heterocycles. The van der Waals surface area contributed by atoms with Gasteiger partial charge in [0.1, 0.15) is 5.82 Å². The van der Waals surface area contributed by atoms with Gasteiger partial charge in [0, 0.05) is 70.1 Å². The first-order valence-corrected chi connectivity index (χ1v) is 10.7. The minimum Gasteiger partial charge on any atom is -0.352 e. The van der Waals surface area contributed by atoms with Crippen LogP contribution in [0.2, 0.25) is 0 Å². The van der Waals surface area contributed by atoms with Gasteiger partial charge in [-0.05, 0) is 23.8 Å². The molecule has 29 heavy (non-hydrogen) atoms. The summed E-state index contributed by atoms with van der Waals surface area (Å²) in [6.45, 7) is 6.48. The number of benzene rings is 1. The Bertz CT molecular complexity index is 941. The number of rotatable bonds is 5. The van der Waals surface area contributed by atoms with Crippen LogP contribution in [0.5, 0.6) is 0 Å². The van der Waals surface area contributed by atoms with Gasteiger partial charge in [0.25, 0.3) is 0 Å². The minimum absolute atomic E-state index is 0.720. The number of anilines is 1. The Morgan fingerprint density at radius 2 is 2.07 bits per heavy atom. The fourth-order valence-corrected chi connectivity index (χ4v) is 4.17. The lowest BCUT2D eigenvalue weighted by atomic mass is 10.2. The van der Waals surface area contributed by atoms with Crippen LogP contribution in [0.1, 0.15) is 18.3 Å². The molecule has 0 spiro atoms. The number of aliphatic imine (C=N–C) groups is 1. The monoisotopic (exact) mass is 410 g/mol. The molecule has 0 radical (unpaired) electrons. The molecule has 1 fully saturated rings. The van der Waals surface area contributed by atoms with Crippen LogP contribution in [-0.4, -0.2) is 63.2 Å². The summed E-state index contributed by atoms with van der Waals surface area (Å²) in [5.41, 5.74) is 2.25. The molecule has 3 heterocycles. The Morgan fingerprint density at radius 1 is 1.21 bits per heavy atom. The fraction of sp³-hybridized carbons (Fsp3) is 0.400. The Kier molecular flexibility index (Phi) is 6.04. The van der Waals surface area contributed by atoms with Gasteiger partial charge in [-0.15, -0.1) is 0 Å². The second kappa shape index (κ2) is 9.04. The van der Waals surface area contributed by atoms with Gasteiger partial charge in [-0.2, -0.15) is 9.47 Å². The molecule has 0 amide bonds. The van der Waals surface area contributed by atoms with Crippen LogP contribution in [0, 0.1) is 0 Å². The van der Waals surface area contributed by atoms with Crippen molar-refractivity contribution in [2.24, 2.45) is 4.99 Å². The Morgan fingerprint density at radius 3 is 2.76 bits per heavy atom. The fourth-order valence-electron chi connectivity index (χ4n) is 3.37. The molecule has 1 aromatic carbocycles. The molecule has 8 nitrogen and oxygen atoms in total. The highest BCUT2D eigenvalue weighted by Crippen LogP contribution is 2.19. The number of aryl methyl sites for hydroxylation is 1. The van der Waals surface area contributed by atoms with Crippen molar-refractivity contribution in [1.29, 1.82) is 0 Å². The highest BCUT2D eigenvalue weighted by Gasteiger charge is 2.22. The molecular weight excluding hydrogens is 384 g/mol. The predicted molar refractivity (Wildman–Crippen MR) is 117 cm³/mol. The Labute approximate surface area is 175 Å². The maximum absolute atomic E-state index is 4.61. The summed E-state index contributed by atoms with van der Waals surface area (Å²) in [5, 5.41) is 8.83. The van der Waals surface area contributed by atoms with Crippen LogP contribution < -0.4 is 10.2 Å². The summed E-state index contributed by atoms with van der Waals surface area (Å²) >= 11 is 1.50. The van der Waals surface area contributed by atoms with Crippen LogP contribution >= 0.6 is 11.5 Å². The van der Waals surface area contributed by atoms with Gasteiger partial charge >= 0.3 is 0 Å². The van der Waals surface area contributed by atoms with Gasteiger partial charge in [-0.1, -0.05) is 19.1 Å². The molecule has 1 N–H and O–H groups in total. The van der Waals surface area contributed by atoms with Crippen molar-refractivity contribution >= 4 is 22.6 Å². The summed E-state index contributed by atoms with van der Waals surface area (Å²) in [5.74, 6) is 1.86. The second-order valence-electron chi connectivity index (χ2n) is 6.84. The summed E-state index contributed by atoms with van der Waals surface area (Å²) in [6, 6.07) is 10.3. The minimum atomic E-state index is 0.720. The van der Waals surface area contributed by atoms with E-state index in [1.807, 2.05) is 24.0 Å². The third-order valence-electron chi connectivity index (χ3n) is 4.97. The van der Waals surface area contributed by atoms with Crippen molar-refractivity contribution in [3.05, 3.63) is 54.1 Å². The van der Waals surface area contributed by atoms with Crippen molar-refractivity contribution in [2.45, 2.75) is 19.9 Å². The largest absolute Gasteiger partial charge is 0.352 e. The zero-order chi connectivity index (χ0) is 20.1. The molecule has 0 unspecified atom stereocenters. The molecule has 1 aliphatic rings. The average Bonchev–Trinajstić information content (AvgIpc) is 3.47. The van der Waals surface area contributed by atoms with E-state index in [9.17, 15) is 0 Å². The van der Waals surface area contributed by atoms with E-state index in [1.165, 1.54) is 17.1 Å². The Balaban J connectivity index is 1.33. The molecular formula is C20H26N8S. The molecule has 0 atom stereocenters.